The van der Waals surface area contributed by atoms with Crippen molar-refractivity contribution in [1.29, 1.82) is 0 Å². The Hall–Kier alpha value is -0.250. The first kappa shape index (κ1) is 14.2. The first-order chi connectivity index (χ1) is 8.65. The van der Waals surface area contributed by atoms with Gasteiger partial charge in [-0.2, -0.15) is 0 Å². The molecular formula is C14H19ClFNS. The van der Waals surface area contributed by atoms with Crippen LogP contribution in [0.2, 0.25) is 5.02 Å². The van der Waals surface area contributed by atoms with Crippen LogP contribution >= 0.6 is 23.4 Å². The molecule has 4 heteroatoms. The van der Waals surface area contributed by atoms with Crippen molar-refractivity contribution in [1.82, 2.24) is 0 Å². The minimum absolute atomic E-state index is 0.248. The van der Waals surface area contributed by atoms with Crippen molar-refractivity contribution >= 4 is 23.4 Å². The number of hydrogen-bond donors (Lipinski definition) is 1. The lowest BCUT2D eigenvalue weighted by Gasteiger charge is -2.28. The van der Waals surface area contributed by atoms with E-state index >= 15 is 0 Å². The molecule has 0 bridgehead atoms. The van der Waals surface area contributed by atoms with E-state index < -0.39 is 0 Å². The lowest BCUT2D eigenvalue weighted by Crippen LogP contribution is -2.20. The first-order valence-corrected chi connectivity index (χ1v) is 7.99. The molecule has 2 N–H and O–H groups in total. The molecule has 18 heavy (non-hydrogen) atoms. The highest BCUT2D eigenvalue weighted by molar-refractivity contribution is 7.98. The van der Waals surface area contributed by atoms with Gasteiger partial charge in [0.2, 0.25) is 0 Å². The van der Waals surface area contributed by atoms with Crippen LogP contribution < -0.4 is 5.73 Å². The molecule has 0 aliphatic heterocycles. The molecular weight excluding hydrogens is 269 g/mol. The average Bonchev–Trinajstić information content (AvgIpc) is 2.42. The molecule has 0 radical (unpaired) electrons. The molecule has 0 heterocycles. The number of rotatable bonds is 3. The van der Waals surface area contributed by atoms with E-state index in [1.807, 2.05) is 12.3 Å². The zero-order valence-electron chi connectivity index (χ0n) is 10.6. The minimum atomic E-state index is -0.288. The Morgan fingerprint density at radius 3 is 2.56 bits per heavy atom. The zero-order valence-corrected chi connectivity index (χ0v) is 12.2. The molecule has 0 saturated heterocycles. The van der Waals surface area contributed by atoms with Crippen LogP contribution in [0, 0.1) is 11.7 Å². The Bertz CT molecular complexity index is 417. The number of thioether (sulfide) groups is 1. The molecule has 2 rings (SSSR count). The van der Waals surface area contributed by atoms with Crippen LogP contribution in [0.5, 0.6) is 0 Å². The van der Waals surface area contributed by atoms with Gasteiger partial charge < -0.3 is 5.73 Å². The summed E-state index contributed by atoms with van der Waals surface area (Å²) in [4.78, 5) is 0.651. The van der Waals surface area contributed by atoms with Gasteiger partial charge in [0.1, 0.15) is 0 Å². The van der Waals surface area contributed by atoms with Gasteiger partial charge >= 0.3 is 0 Å². The Morgan fingerprint density at radius 1 is 1.33 bits per heavy atom. The Labute approximate surface area is 117 Å². The van der Waals surface area contributed by atoms with Crippen molar-refractivity contribution in [3.63, 3.8) is 0 Å². The molecule has 1 aromatic carbocycles. The molecule has 0 amide bonds. The molecule has 0 spiro atoms. The lowest BCUT2D eigenvalue weighted by molar-refractivity contribution is 0.332. The fourth-order valence-corrected chi connectivity index (χ4v) is 3.53. The molecule has 0 atom stereocenters. The summed E-state index contributed by atoms with van der Waals surface area (Å²) in [5.74, 6) is 0.887. The average molecular weight is 288 g/mol. The SMILES string of the molecule is CSc1cc(C2CCC(CN)CC2)cc(Cl)c1F. The summed E-state index contributed by atoms with van der Waals surface area (Å²) < 4.78 is 13.7. The summed E-state index contributed by atoms with van der Waals surface area (Å²) in [7, 11) is 0. The van der Waals surface area contributed by atoms with E-state index in [0.29, 0.717) is 16.7 Å². The van der Waals surface area contributed by atoms with Crippen LogP contribution in [0.25, 0.3) is 0 Å². The predicted octanol–water partition coefficient (Wildman–Crippen LogP) is 4.43. The second-order valence-electron chi connectivity index (χ2n) is 4.97. The van der Waals surface area contributed by atoms with E-state index in [4.69, 9.17) is 17.3 Å². The fraction of sp³-hybridized carbons (Fsp3) is 0.571. The maximum absolute atomic E-state index is 13.7. The molecule has 1 aliphatic rings. The number of benzene rings is 1. The summed E-state index contributed by atoms with van der Waals surface area (Å²) in [6, 6.07) is 3.75. The summed E-state index contributed by atoms with van der Waals surface area (Å²) in [6.07, 6.45) is 6.49. The summed E-state index contributed by atoms with van der Waals surface area (Å²) >= 11 is 7.38. The lowest BCUT2D eigenvalue weighted by atomic mass is 9.79. The zero-order chi connectivity index (χ0) is 13.1. The molecule has 1 saturated carbocycles. The van der Waals surface area contributed by atoms with Crippen molar-refractivity contribution in [2.75, 3.05) is 12.8 Å². The third-order valence-corrected chi connectivity index (χ3v) is 4.90. The monoisotopic (exact) mass is 287 g/mol. The van der Waals surface area contributed by atoms with Crippen molar-refractivity contribution in [3.05, 3.63) is 28.5 Å². The maximum Gasteiger partial charge on any atom is 0.155 e. The van der Waals surface area contributed by atoms with Gasteiger partial charge in [-0.25, -0.2) is 4.39 Å². The molecule has 1 nitrogen and oxygen atoms in total. The third kappa shape index (κ3) is 3.01. The van der Waals surface area contributed by atoms with Gasteiger partial charge in [-0.1, -0.05) is 11.6 Å². The normalized spacial score (nSPS) is 24.2. The number of nitrogens with two attached hydrogens (primary N) is 1. The van der Waals surface area contributed by atoms with Crippen LogP contribution in [-0.2, 0) is 0 Å². The molecule has 0 unspecified atom stereocenters. The van der Waals surface area contributed by atoms with Crippen molar-refractivity contribution in [2.24, 2.45) is 11.7 Å². The van der Waals surface area contributed by atoms with Crippen LogP contribution in [0.1, 0.15) is 37.2 Å². The van der Waals surface area contributed by atoms with Gasteiger partial charge in [0.05, 0.1) is 5.02 Å². The maximum atomic E-state index is 13.7. The summed E-state index contributed by atoms with van der Waals surface area (Å²) in [6.45, 7) is 0.785. The van der Waals surface area contributed by atoms with Gasteiger partial charge in [0.15, 0.2) is 5.82 Å². The van der Waals surface area contributed by atoms with Crippen LogP contribution in [0.15, 0.2) is 17.0 Å². The van der Waals surface area contributed by atoms with Gasteiger partial charge in [0.25, 0.3) is 0 Å². The Morgan fingerprint density at radius 2 is 2.00 bits per heavy atom. The summed E-state index contributed by atoms with van der Waals surface area (Å²) in [5.41, 5.74) is 6.88. The van der Waals surface area contributed by atoms with E-state index in [1.165, 1.54) is 30.2 Å². The molecule has 1 fully saturated rings. The molecule has 1 aromatic rings. The highest BCUT2D eigenvalue weighted by Gasteiger charge is 2.23. The standard InChI is InChI=1S/C14H19ClFNS/c1-18-13-7-11(6-12(15)14(13)16)10-4-2-9(8-17)3-5-10/h6-7,9-10H,2-5,8,17H2,1H3. The van der Waals surface area contributed by atoms with Crippen molar-refractivity contribution < 1.29 is 4.39 Å². The third-order valence-electron chi connectivity index (χ3n) is 3.89. The second-order valence-corrected chi connectivity index (χ2v) is 6.23. The smallest absolute Gasteiger partial charge is 0.155 e. The highest BCUT2D eigenvalue weighted by atomic mass is 35.5. The topological polar surface area (TPSA) is 26.0 Å². The number of halogens is 2. The van der Waals surface area contributed by atoms with Crippen LogP contribution in [0.4, 0.5) is 4.39 Å². The van der Waals surface area contributed by atoms with Gasteiger partial charge in [-0.3, -0.25) is 0 Å². The Kier molecular flexibility index (Phi) is 4.93. The molecule has 0 aromatic heterocycles. The number of hydrogen-bond acceptors (Lipinski definition) is 2. The van der Waals surface area contributed by atoms with Gasteiger partial charge in [-0.05, 0) is 68.0 Å². The van der Waals surface area contributed by atoms with E-state index in [0.717, 1.165) is 19.4 Å². The van der Waals surface area contributed by atoms with Crippen molar-refractivity contribution in [3.8, 4) is 0 Å². The van der Waals surface area contributed by atoms with E-state index in [9.17, 15) is 4.39 Å². The van der Waals surface area contributed by atoms with E-state index in [2.05, 4.69) is 0 Å². The van der Waals surface area contributed by atoms with Crippen molar-refractivity contribution in [2.45, 2.75) is 36.5 Å². The largest absolute Gasteiger partial charge is 0.330 e. The highest BCUT2D eigenvalue weighted by Crippen LogP contribution is 2.38. The van der Waals surface area contributed by atoms with E-state index in [1.54, 1.807) is 6.07 Å². The molecule has 100 valence electrons. The fourth-order valence-electron chi connectivity index (χ4n) is 2.70. The van der Waals surface area contributed by atoms with Crippen LogP contribution in [-0.4, -0.2) is 12.8 Å². The van der Waals surface area contributed by atoms with Gasteiger partial charge in [0, 0.05) is 4.90 Å². The van der Waals surface area contributed by atoms with Crippen LogP contribution in [0.3, 0.4) is 0 Å². The Balaban J connectivity index is 2.17. The molecule has 1 aliphatic carbocycles. The summed E-state index contributed by atoms with van der Waals surface area (Å²) in [5, 5.41) is 0.248. The minimum Gasteiger partial charge on any atom is -0.330 e. The first-order valence-electron chi connectivity index (χ1n) is 6.38. The quantitative estimate of drug-likeness (QED) is 0.832. The van der Waals surface area contributed by atoms with E-state index in [-0.39, 0.29) is 10.8 Å². The second kappa shape index (κ2) is 6.27. The van der Waals surface area contributed by atoms with Gasteiger partial charge in [-0.15, -0.1) is 11.8 Å². The predicted molar refractivity (Wildman–Crippen MR) is 76.9 cm³/mol.